The third-order valence-corrected chi connectivity index (χ3v) is 3.31. The summed E-state index contributed by atoms with van der Waals surface area (Å²) in [7, 11) is -3.28. The molecule has 16 heavy (non-hydrogen) atoms. The topological polar surface area (TPSA) is 43.4 Å². The lowest BCUT2D eigenvalue weighted by Crippen LogP contribution is -2.04. The third-order valence-electron chi connectivity index (χ3n) is 2.05. The van der Waals surface area contributed by atoms with Gasteiger partial charge in [-0.25, -0.2) is 0 Å². The van der Waals surface area contributed by atoms with Gasteiger partial charge >= 0.3 is 0 Å². The van der Waals surface area contributed by atoms with Crippen molar-refractivity contribution in [2.45, 2.75) is 19.3 Å². The van der Waals surface area contributed by atoms with Gasteiger partial charge < -0.3 is 0 Å². The van der Waals surface area contributed by atoms with Gasteiger partial charge in [0.15, 0.2) is 0 Å². The summed E-state index contributed by atoms with van der Waals surface area (Å²) in [6.45, 7) is 0.281. The van der Waals surface area contributed by atoms with Crippen LogP contribution in [-0.2, 0) is 20.7 Å². The fourth-order valence-corrected chi connectivity index (χ4v) is 2.36. The van der Waals surface area contributed by atoms with Crippen LogP contribution in [0.15, 0.2) is 24.3 Å². The Hall–Kier alpha value is -0.140. The predicted octanol–water partition coefficient (Wildman–Crippen LogP) is 2.59. The number of benzene rings is 1. The lowest BCUT2D eigenvalue weighted by Gasteiger charge is -2.02. The molecule has 0 bridgehead atoms. The first kappa shape index (κ1) is 13.9. The highest BCUT2D eigenvalue weighted by Gasteiger charge is 2.00. The van der Waals surface area contributed by atoms with Gasteiger partial charge in [-0.3, -0.25) is 4.18 Å². The number of hydrogen-bond donors (Lipinski definition) is 0. The zero-order valence-corrected chi connectivity index (χ0v) is 12.1. The van der Waals surface area contributed by atoms with Crippen LogP contribution in [0.1, 0.15) is 18.4 Å². The van der Waals surface area contributed by atoms with Gasteiger partial charge in [-0.05, 0) is 59.5 Å². The molecule has 0 aliphatic heterocycles. The van der Waals surface area contributed by atoms with Crippen molar-refractivity contribution >= 4 is 32.7 Å². The SMILES string of the molecule is CS(=O)(=O)OCCCCc1cccc(I)c1. The second-order valence-corrected chi connectivity index (χ2v) is 6.50. The molecular formula is C11H15IO3S. The Kier molecular flexibility index (Phi) is 5.71. The molecular weight excluding hydrogens is 339 g/mol. The molecule has 1 aromatic rings. The van der Waals surface area contributed by atoms with Crippen LogP contribution in [0.4, 0.5) is 0 Å². The van der Waals surface area contributed by atoms with E-state index in [2.05, 4.69) is 45.0 Å². The van der Waals surface area contributed by atoms with Crippen molar-refractivity contribution in [1.29, 1.82) is 0 Å². The lowest BCUT2D eigenvalue weighted by atomic mass is 10.1. The number of halogens is 1. The number of rotatable bonds is 6. The summed E-state index contributed by atoms with van der Waals surface area (Å²) in [6, 6.07) is 8.30. The van der Waals surface area contributed by atoms with Crippen LogP contribution in [-0.4, -0.2) is 21.3 Å². The van der Waals surface area contributed by atoms with E-state index in [1.54, 1.807) is 0 Å². The molecule has 0 spiro atoms. The molecule has 0 heterocycles. The van der Waals surface area contributed by atoms with Gasteiger partial charge in [0, 0.05) is 3.57 Å². The van der Waals surface area contributed by atoms with Gasteiger partial charge in [0.1, 0.15) is 0 Å². The van der Waals surface area contributed by atoms with Crippen LogP contribution < -0.4 is 0 Å². The summed E-state index contributed by atoms with van der Waals surface area (Å²) < 4.78 is 27.3. The Morgan fingerprint density at radius 2 is 2.06 bits per heavy atom. The molecule has 90 valence electrons. The van der Waals surface area contributed by atoms with Crippen molar-refractivity contribution < 1.29 is 12.6 Å². The molecule has 0 amide bonds. The normalized spacial score (nSPS) is 11.6. The monoisotopic (exact) mass is 354 g/mol. The highest BCUT2D eigenvalue weighted by Crippen LogP contribution is 2.10. The van der Waals surface area contributed by atoms with E-state index in [0.29, 0.717) is 0 Å². The van der Waals surface area contributed by atoms with Crippen LogP contribution in [0.2, 0.25) is 0 Å². The molecule has 0 aromatic heterocycles. The Balaban J connectivity index is 2.21. The second kappa shape index (κ2) is 6.56. The second-order valence-electron chi connectivity index (χ2n) is 3.61. The van der Waals surface area contributed by atoms with Gasteiger partial charge in [0.25, 0.3) is 10.1 Å². The molecule has 1 rings (SSSR count). The smallest absolute Gasteiger partial charge is 0.264 e. The van der Waals surface area contributed by atoms with Crippen molar-refractivity contribution in [1.82, 2.24) is 0 Å². The van der Waals surface area contributed by atoms with E-state index in [1.165, 1.54) is 9.13 Å². The van der Waals surface area contributed by atoms with E-state index < -0.39 is 10.1 Å². The van der Waals surface area contributed by atoms with Gasteiger partial charge in [0.05, 0.1) is 12.9 Å². The first-order chi connectivity index (χ1) is 7.47. The van der Waals surface area contributed by atoms with Crippen molar-refractivity contribution in [3.8, 4) is 0 Å². The number of aryl methyl sites for hydroxylation is 1. The van der Waals surface area contributed by atoms with Crippen LogP contribution in [0.3, 0.4) is 0 Å². The highest BCUT2D eigenvalue weighted by molar-refractivity contribution is 14.1. The molecule has 0 saturated heterocycles. The van der Waals surface area contributed by atoms with E-state index in [1.807, 2.05) is 6.07 Å². The zero-order chi connectivity index (χ0) is 12.0. The Morgan fingerprint density at radius 1 is 1.31 bits per heavy atom. The molecule has 3 nitrogen and oxygen atoms in total. The van der Waals surface area contributed by atoms with Crippen LogP contribution in [0.5, 0.6) is 0 Å². The fraction of sp³-hybridized carbons (Fsp3) is 0.455. The van der Waals surface area contributed by atoms with Crippen molar-refractivity contribution in [3.05, 3.63) is 33.4 Å². The maximum absolute atomic E-state index is 10.7. The largest absolute Gasteiger partial charge is 0.270 e. The van der Waals surface area contributed by atoms with Crippen molar-refractivity contribution in [2.24, 2.45) is 0 Å². The quantitative estimate of drug-likeness (QED) is 0.448. The van der Waals surface area contributed by atoms with Crippen molar-refractivity contribution in [2.75, 3.05) is 12.9 Å². The van der Waals surface area contributed by atoms with E-state index in [9.17, 15) is 8.42 Å². The predicted molar refractivity (Wildman–Crippen MR) is 72.9 cm³/mol. The van der Waals surface area contributed by atoms with Gasteiger partial charge in [-0.2, -0.15) is 8.42 Å². The van der Waals surface area contributed by atoms with E-state index in [4.69, 9.17) is 0 Å². The summed E-state index contributed by atoms with van der Waals surface area (Å²) >= 11 is 2.28. The minimum Gasteiger partial charge on any atom is -0.270 e. The molecule has 0 fully saturated rings. The zero-order valence-electron chi connectivity index (χ0n) is 9.15. The molecule has 0 saturated carbocycles. The summed E-state index contributed by atoms with van der Waals surface area (Å²) in [5, 5.41) is 0. The Morgan fingerprint density at radius 3 is 2.69 bits per heavy atom. The number of unbranched alkanes of at least 4 members (excludes halogenated alkanes) is 1. The van der Waals surface area contributed by atoms with E-state index in [-0.39, 0.29) is 6.61 Å². The van der Waals surface area contributed by atoms with Crippen LogP contribution >= 0.6 is 22.6 Å². The molecule has 0 aliphatic carbocycles. The van der Waals surface area contributed by atoms with Crippen LogP contribution in [0, 0.1) is 3.57 Å². The van der Waals surface area contributed by atoms with Gasteiger partial charge in [-0.1, -0.05) is 12.1 Å². The van der Waals surface area contributed by atoms with Crippen molar-refractivity contribution in [3.63, 3.8) is 0 Å². The molecule has 0 N–H and O–H groups in total. The van der Waals surface area contributed by atoms with Gasteiger partial charge in [-0.15, -0.1) is 0 Å². The average molecular weight is 354 g/mol. The summed E-state index contributed by atoms with van der Waals surface area (Å²) in [6.07, 6.45) is 3.74. The van der Waals surface area contributed by atoms with Gasteiger partial charge in [0.2, 0.25) is 0 Å². The minimum absolute atomic E-state index is 0.281. The average Bonchev–Trinajstić information content (AvgIpc) is 2.15. The summed E-state index contributed by atoms with van der Waals surface area (Å²) in [5.41, 5.74) is 1.28. The highest BCUT2D eigenvalue weighted by atomic mass is 127. The first-order valence-electron chi connectivity index (χ1n) is 5.06. The van der Waals surface area contributed by atoms with E-state index >= 15 is 0 Å². The lowest BCUT2D eigenvalue weighted by molar-refractivity contribution is 0.312. The number of hydrogen-bond acceptors (Lipinski definition) is 3. The fourth-order valence-electron chi connectivity index (χ4n) is 1.33. The minimum atomic E-state index is -3.28. The van der Waals surface area contributed by atoms with Crippen LogP contribution in [0.25, 0.3) is 0 Å². The Labute approximate surface area is 110 Å². The maximum atomic E-state index is 10.7. The third kappa shape index (κ3) is 6.44. The molecule has 1 aromatic carbocycles. The molecule has 0 atom stereocenters. The summed E-state index contributed by atoms with van der Waals surface area (Å²) in [5.74, 6) is 0. The van der Waals surface area contributed by atoms with E-state index in [0.717, 1.165) is 25.5 Å². The summed E-state index contributed by atoms with van der Waals surface area (Å²) in [4.78, 5) is 0. The molecule has 0 unspecified atom stereocenters. The molecule has 0 radical (unpaired) electrons. The Bertz CT molecular complexity index is 429. The first-order valence-corrected chi connectivity index (χ1v) is 7.96. The molecule has 5 heteroatoms. The standard InChI is InChI=1S/C11H15IO3S/c1-16(13,14)15-8-3-2-5-10-6-4-7-11(12)9-10/h4,6-7,9H,2-3,5,8H2,1H3. The maximum Gasteiger partial charge on any atom is 0.264 e. The molecule has 0 aliphatic rings.